The summed E-state index contributed by atoms with van der Waals surface area (Å²) in [4.78, 5) is 28.4. The van der Waals surface area contributed by atoms with Crippen molar-refractivity contribution in [3.63, 3.8) is 0 Å². The normalized spacial score (nSPS) is 19.8. The van der Waals surface area contributed by atoms with Gasteiger partial charge in [-0.2, -0.15) is 0 Å². The van der Waals surface area contributed by atoms with Gasteiger partial charge in [-0.25, -0.2) is 4.39 Å². The molecular formula is C28H25FN2O3S. The fourth-order valence-electron chi connectivity index (χ4n) is 5.01. The number of dihydropyridines is 1. The number of thiophene rings is 1. The van der Waals surface area contributed by atoms with E-state index in [2.05, 4.69) is 16.7 Å². The summed E-state index contributed by atoms with van der Waals surface area (Å²) in [7, 11) is 1.58. The molecule has 0 fully saturated rings. The summed E-state index contributed by atoms with van der Waals surface area (Å²) in [6.45, 7) is 1.85. The molecule has 178 valence electrons. The van der Waals surface area contributed by atoms with Crippen molar-refractivity contribution in [2.45, 2.75) is 31.6 Å². The Morgan fingerprint density at radius 3 is 2.57 bits per heavy atom. The van der Waals surface area contributed by atoms with Gasteiger partial charge in [-0.1, -0.05) is 24.3 Å². The number of allylic oxidation sites excluding steroid dienone is 3. The third kappa shape index (κ3) is 4.39. The van der Waals surface area contributed by atoms with E-state index in [1.54, 1.807) is 18.4 Å². The second-order valence-corrected chi connectivity index (χ2v) is 9.71. The molecule has 0 saturated carbocycles. The van der Waals surface area contributed by atoms with Gasteiger partial charge in [-0.15, -0.1) is 11.3 Å². The van der Waals surface area contributed by atoms with Crippen LogP contribution < -0.4 is 15.4 Å². The monoisotopic (exact) mass is 488 g/mol. The summed E-state index contributed by atoms with van der Waals surface area (Å²) in [5.74, 6) is -0.578. The Morgan fingerprint density at radius 2 is 1.86 bits per heavy atom. The number of carbonyl (C=O) groups excluding carboxylic acids is 2. The van der Waals surface area contributed by atoms with E-state index in [0.29, 0.717) is 41.1 Å². The quantitative estimate of drug-likeness (QED) is 0.470. The van der Waals surface area contributed by atoms with Crippen LogP contribution in [0.4, 0.5) is 10.1 Å². The average molecular weight is 489 g/mol. The topological polar surface area (TPSA) is 67.4 Å². The Morgan fingerprint density at radius 1 is 1.09 bits per heavy atom. The minimum Gasteiger partial charge on any atom is -0.496 e. The molecule has 7 heteroatoms. The van der Waals surface area contributed by atoms with Gasteiger partial charge < -0.3 is 15.4 Å². The van der Waals surface area contributed by atoms with Crippen molar-refractivity contribution in [2.75, 3.05) is 12.4 Å². The minimum atomic E-state index is -0.584. The lowest BCUT2D eigenvalue weighted by Gasteiger charge is -2.37. The first-order valence-electron chi connectivity index (χ1n) is 11.4. The SMILES string of the molecule is COc1ccccc1[C@@H]1C(C(=O)Nc2ccc(F)cc2)=C(C)NC2=C1C(=O)C[C@H](c1cccs1)C2. The predicted molar refractivity (Wildman–Crippen MR) is 135 cm³/mol. The van der Waals surface area contributed by atoms with E-state index in [-0.39, 0.29) is 23.4 Å². The molecule has 2 atom stereocenters. The molecule has 0 spiro atoms. The van der Waals surface area contributed by atoms with Crippen molar-refractivity contribution in [3.8, 4) is 5.75 Å². The number of Topliss-reactive ketones (excluding diaryl/α,β-unsaturated/α-hetero) is 1. The Labute approximate surface area is 207 Å². The van der Waals surface area contributed by atoms with E-state index in [4.69, 9.17) is 4.74 Å². The van der Waals surface area contributed by atoms with Gasteiger partial charge in [-0.3, -0.25) is 9.59 Å². The van der Waals surface area contributed by atoms with Gasteiger partial charge in [0.25, 0.3) is 5.91 Å². The first-order chi connectivity index (χ1) is 17.0. The highest BCUT2D eigenvalue weighted by molar-refractivity contribution is 7.10. The number of benzene rings is 2. The van der Waals surface area contributed by atoms with Crippen molar-refractivity contribution in [2.24, 2.45) is 0 Å². The van der Waals surface area contributed by atoms with Crippen molar-refractivity contribution < 1.29 is 18.7 Å². The Balaban J connectivity index is 1.59. The zero-order chi connectivity index (χ0) is 24.5. The molecule has 2 heterocycles. The van der Waals surface area contributed by atoms with Crippen LogP contribution >= 0.6 is 11.3 Å². The highest BCUT2D eigenvalue weighted by atomic mass is 32.1. The smallest absolute Gasteiger partial charge is 0.254 e. The molecule has 1 aromatic heterocycles. The number of ether oxygens (including phenoxy) is 1. The van der Waals surface area contributed by atoms with Crippen LogP contribution in [0.3, 0.4) is 0 Å². The highest BCUT2D eigenvalue weighted by Crippen LogP contribution is 2.48. The average Bonchev–Trinajstić information content (AvgIpc) is 3.39. The molecule has 2 aliphatic rings. The van der Waals surface area contributed by atoms with Crippen molar-refractivity contribution in [3.05, 3.63) is 105 Å². The maximum absolute atomic E-state index is 13.7. The van der Waals surface area contributed by atoms with Crippen LogP contribution in [-0.2, 0) is 9.59 Å². The fourth-order valence-corrected chi connectivity index (χ4v) is 5.84. The van der Waals surface area contributed by atoms with Crippen LogP contribution in [0.15, 0.2) is 88.6 Å². The number of hydrogen-bond donors (Lipinski definition) is 2. The number of ketones is 1. The molecule has 5 nitrogen and oxygen atoms in total. The van der Waals surface area contributed by atoms with Gasteiger partial charge in [0.05, 0.1) is 13.0 Å². The Bertz CT molecular complexity index is 1340. The standard InChI is InChI=1S/C28H25FN2O3S/c1-16-25(28(33)31-19-11-9-18(29)10-12-19)26(20-6-3-4-7-23(20)34-2)27-21(30-16)14-17(15-22(27)32)24-8-5-13-35-24/h3-13,17,26,30H,14-15H2,1-2H3,(H,31,33)/t17-,26-/m1/s1. The van der Waals surface area contributed by atoms with Gasteiger partial charge in [0.2, 0.25) is 0 Å². The van der Waals surface area contributed by atoms with Crippen LogP contribution in [0.5, 0.6) is 5.75 Å². The second kappa shape index (κ2) is 9.50. The number of nitrogens with one attached hydrogen (secondary N) is 2. The van der Waals surface area contributed by atoms with Crippen molar-refractivity contribution in [1.29, 1.82) is 0 Å². The number of rotatable bonds is 5. The number of methoxy groups -OCH3 is 1. The molecule has 35 heavy (non-hydrogen) atoms. The summed E-state index contributed by atoms with van der Waals surface area (Å²) in [6, 6.07) is 17.2. The molecule has 0 saturated heterocycles. The summed E-state index contributed by atoms with van der Waals surface area (Å²) in [5.41, 5.74) is 3.82. The van der Waals surface area contributed by atoms with Crippen LogP contribution in [0, 0.1) is 5.82 Å². The van der Waals surface area contributed by atoms with Gasteiger partial charge in [0.1, 0.15) is 11.6 Å². The summed E-state index contributed by atoms with van der Waals surface area (Å²) in [5, 5.41) is 8.28. The Kier molecular flexibility index (Phi) is 6.26. The zero-order valence-electron chi connectivity index (χ0n) is 19.4. The van der Waals surface area contributed by atoms with E-state index in [9.17, 15) is 14.0 Å². The molecule has 1 aliphatic heterocycles. The maximum atomic E-state index is 13.7. The largest absolute Gasteiger partial charge is 0.496 e. The molecule has 0 unspecified atom stereocenters. The first-order valence-corrected chi connectivity index (χ1v) is 12.3. The van der Waals surface area contributed by atoms with E-state index >= 15 is 0 Å². The highest BCUT2D eigenvalue weighted by Gasteiger charge is 2.42. The number of carbonyl (C=O) groups is 2. The molecule has 0 radical (unpaired) electrons. The van der Waals surface area contributed by atoms with E-state index in [1.807, 2.05) is 42.6 Å². The van der Waals surface area contributed by atoms with Crippen LogP contribution in [-0.4, -0.2) is 18.8 Å². The van der Waals surface area contributed by atoms with Crippen molar-refractivity contribution in [1.82, 2.24) is 5.32 Å². The molecule has 5 rings (SSSR count). The van der Waals surface area contributed by atoms with E-state index in [0.717, 1.165) is 11.3 Å². The molecule has 0 bridgehead atoms. The van der Waals surface area contributed by atoms with Gasteiger partial charge in [-0.05, 0) is 55.1 Å². The summed E-state index contributed by atoms with van der Waals surface area (Å²) in [6.07, 6.45) is 1.08. The number of halogens is 1. The number of para-hydroxylation sites is 1. The van der Waals surface area contributed by atoms with Crippen LogP contribution in [0.2, 0.25) is 0 Å². The van der Waals surface area contributed by atoms with Crippen molar-refractivity contribution >= 4 is 28.7 Å². The Hall–Kier alpha value is -3.71. The zero-order valence-corrected chi connectivity index (χ0v) is 20.2. The lowest BCUT2D eigenvalue weighted by atomic mass is 9.72. The number of anilines is 1. The predicted octanol–water partition coefficient (Wildman–Crippen LogP) is 5.90. The molecular weight excluding hydrogens is 463 g/mol. The van der Waals surface area contributed by atoms with Crippen LogP contribution in [0.1, 0.15) is 42.0 Å². The number of hydrogen-bond acceptors (Lipinski definition) is 5. The van der Waals surface area contributed by atoms with E-state index < -0.39 is 5.92 Å². The second-order valence-electron chi connectivity index (χ2n) is 8.74. The fraction of sp³-hybridized carbons (Fsp3) is 0.214. The minimum absolute atomic E-state index is 0.0210. The van der Waals surface area contributed by atoms with Crippen LogP contribution in [0.25, 0.3) is 0 Å². The third-order valence-corrected chi connectivity index (χ3v) is 7.60. The van der Waals surface area contributed by atoms with Gasteiger partial charge >= 0.3 is 0 Å². The molecule has 2 aromatic carbocycles. The molecule has 1 amide bonds. The maximum Gasteiger partial charge on any atom is 0.254 e. The molecule has 1 aliphatic carbocycles. The summed E-state index contributed by atoms with van der Waals surface area (Å²) >= 11 is 1.66. The van der Waals surface area contributed by atoms with E-state index in [1.165, 1.54) is 29.1 Å². The molecule has 3 aromatic rings. The summed E-state index contributed by atoms with van der Waals surface area (Å²) < 4.78 is 19.0. The first kappa shape index (κ1) is 23.1. The lowest BCUT2D eigenvalue weighted by Crippen LogP contribution is -2.37. The van der Waals surface area contributed by atoms with Gasteiger partial charge in [0, 0.05) is 51.0 Å². The van der Waals surface area contributed by atoms with Gasteiger partial charge in [0.15, 0.2) is 5.78 Å². The number of amides is 1. The third-order valence-electron chi connectivity index (χ3n) is 6.57. The lowest BCUT2D eigenvalue weighted by molar-refractivity contribution is -0.116. The molecule has 2 N–H and O–H groups in total.